The van der Waals surface area contributed by atoms with Gasteiger partial charge in [-0.15, -0.1) is 0 Å². The Morgan fingerprint density at radius 1 is 0.793 bits per heavy atom. The molecule has 0 aromatic carbocycles. The zero-order chi connectivity index (χ0) is 21.8. The van der Waals surface area contributed by atoms with Gasteiger partial charge in [-0.1, -0.05) is 6.58 Å². The van der Waals surface area contributed by atoms with Crippen molar-refractivity contribution in [2.24, 2.45) is 17.8 Å². The van der Waals surface area contributed by atoms with Crippen molar-refractivity contribution in [3.8, 4) is 0 Å². The number of ether oxygens (including phenoxy) is 6. The quantitative estimate of drug-likeness (QED) is 0.158. The van der Waals surface area contributed by atoms with Crippen molar-refractivity contribution in [2.45, 2.75) is 26.2 Å². The summed E-state index contributed by atoms with van der Waals surface area (Å²) in [5.41, 5.74) is 0.224. The molecular formula is C19H28O10. The van der Waals surface area contributed by atoms with Gasteiger partial charge >= 0.3 is 23.9 Å². The molecule has 1 fully saturated rings. The van der Waals surface area contributed by atoms with E-state index < -0.39 is 41.6 Å². The van der Waals surface area contributed by atoms with Gasteiger partial charge in [0.1, 0.15) is 13.2 Å². The summed E-state index contributed by atoms with van der Waals surface area (Å²) in [5.74, 6) is -4.64. The van der Waals surface area contributed by atoms with E-state index in [2.05, 4.69) is 6.58 Å². The molecule has 0 aromatic heterocycles. The molecule has 0 saturated heterocycles. The van der Waals surface area contributed by atoms with Gasteiger partial charge in [0.15, 0.2) is 13.6 Å². The number of carbonyl (C=O) groups excluding carboxylic acids is 4. The number of esters is 4. The summed E-state index contributed by atoms with van der Waals surface area (Å²) < 4.78 is 29.4. The van der Waals surface area contributed by atoms with E-state index in [1.54, 1.807) is 0 Å². The molecule has 29 heavy (non-hydrogen) atoms. The van der Waals surface area contributed by atoms with Crippen LogP contribution in [0.5, 0.6) is 0 Å². The van der Waals surface area contributed by atoms with E-state index in [0.29, 0.717) is 6.42 Å². The fourth-order valence-electron chi connectivity index (χ4n) is 2.89. The van der Waals surface area contributed by atoms with Gasteiger partial charge in [0.25, 0.3) is 0 Å². The first-order chi connectivity index (χ1) is 13.8. The molecule has 0 radical (unpaired) electrons. The van der Waals surface area contributed by atoms with Crippen LogP contribution in [0.2, 0.25) is 0 Å². The third kappa shape index (κ3) is 8.20. The summed E-state index contributed by atoms with van der Waals surface area (Å²) in [6, 6.07) is 0. The van der Waals surface area contributed by atoms with Gasteiger partial charge in [0.2, 0.25) is 0 Å². The molecule has 3 atom stereocenters. The van der Waals surface area contributed by atoms with Gasteiger partial charge in [-0.05, 0) is 26.2 Å². The van der Waals surface area contributed by atoms with Crippen LogP contribution in [0.15, 0.2) is 12.2 Å². The van der Waals surface area contributed by atoms with E-state index in [0.717, 1.165) is 0 Å². The molecule has 1 aliphatic rings. The minimum Gasteiger partial charge on any atom is -0.462 e. The molecule has 10 nitrogen and oxygen atoms in total. The van der Waals surface area contributed by atoms with Crippen molar-refractivity contribution in [2.75, 3.05) is 41.0 Å². The van der Waals surface area contributed by atoms with Crippen LogP contribution in [0.3, 0.4) is 0 Å². The van der Waals surface area contributed by atoms with Crippen LogP contribution in [0.1, 0.15) is 26.2 Å². The van der Waals surface area contributed by atoms with Crippen LogP contribution in [0.25, 0.3) is 0 Å². The molecule has 0 heterocycles. The van der Waals surface area contributed by atoms with Crippen molar-refractivity contribution in [1.29, 1.82) is 0 Å². The Bertz CT molecular complexity index is 600. The van der Waals surface area contributed by atoms with E-state index in [1.165, 1.54) is 21.1 Å². The second-order valence-electron chi connectivity index (χ2n) is 6.55. The molecule has 0 aliphatic heterocycles. The second-order valence-corrected chi connectivity index (χ2v) is 6.55. The van der Waals surface area contributed by atoms with Crippen molar-refractivity contribution in [3.63, 3.8) is 0 Å². The third-order valence-corrected chi connectivity index (χ3v) is 4.34. The molecule has 3 unspecified atom stereocenters. The fourth-order valence-corrected chi connectivity index (χ4v) is 2.89. The number of rotatable bonds is 11. The maximum absolute atomic E-state index is 12.6. The minimum absolute atomic E-state index is 0.0691. The van der Waals surface area contributed by atoms with E-state index in [-0.39, 0.29) is 45.2 Å². The lowest BCUT2D eigenvalue weighted by molar-refractivity contribution is -0.174. The highest BCUT2D eigenvalue weighted by Crippen LogP contribution is 2.36. The summed E-state index contributed by atoms with van der Waals surface area (Å²) in [4.78, 5) is 48.3. The Morgan fingerprint density at radius 3 is 1.93 bits per heavy atom. The smallest absolute Gasteiger partial charge is 0.333 e. The normalized spacial score (nSPS) is 21.0. The van der Waals surface area contributed by atoms with Gasteiger partial charge in [-0.2, -0.15) is 0 Å². The van der Waals surface area contributed by atoms with Crippen molar-refractivity contribution >= 4 is 23.9 Å². The zero-order valence-corrected chi connectivity index (χ0v) is 17.0. The third-order valence-electron chi connectivity index (χ3n) is 4.34. The van der Waals surface area contributed by atoms with Gasteiger partial charge in [0, 0.05) is 19.8 Å². The highest BCUT2D eigenvalue weighted by molar-refractivity contribution is 5.87. The highest BCUT2D eigenvalue weighted by atomic mass is 16.7. The first-order valence-corrected chi connectivity index (χ1v) is 9.12. The first-order valence-electron chi connectivity index (χ1n) is 9.12. The molecule has 1 saturated carbocycles. The largest absolute Gasteiger partial charge is 0.462 e. The lowest BCUT2D eigenvalue weighted by atomic mass is 9.74. The minimum atomic E-state index is -0.898. The Hall–Kier alpha value is -2.46. The monoisotopic (exact) mass is 416 g/mol. The number of methoxy groups -OCH3 is 2. The zero-order valence-electron chi connectivity index (χ0n) is 17.0. The van der Waals surface area contributed by atoms with Gasteiger partial charge in [-0.25, -0.2) is 4.79 Å². The maximum atomic E-state index is 12.6. The summed E-state index contributed by atoms with van der Waals surface area (Å²) in [6.07, 6.45) is 0.675. The summed E-state index contributed by atoms with van der Waals surface area (Å²) >= 11 is 0. The lowest BCUT2D eigenvalue weighted by Gasteiger charge is -2.32. The van der Waals surface area contributed by atoms with Crippen molar-refractivity contribution in [1.82, 2.24) is 0 Å². The molecule has 0 bridgehead atoms. The van der Waals surface area contributed by atoms with Crippen molar-refractivity contribution in [3.05, 3.63) is 12.2 Å². The Kier molecular flexibility index (Phi) is 10.9. The van der Waals surface area contributed by atoms with Gasteiger partial charge in [-0.3, -0.25) is 14.4 Å². The van der Waals surface area contributed by atoms with Crippen LogP contribution < -0.4 is 0 Å². The molecule has 0 aromatic rings. The molecule has 0 amide bonds. The van der Waals surface area contributed by atoms with Crippen LogP contribution in [0.4, 0.5) is 0 Å². The van der Waals surface area contributed by atoms with E-state index >= 15 is 0 Å². The van der Waals surface area contributed by atoms with Crippen LogP contribution >= 0.6 is 0 Å². The average molecular weight is 416 g/mol. The van der Waals surface area contributed by atoms with Crippen molar-refractivity contribution < 1.29 is 47.6 Å². The summed E-state index contributed by atoms with van der Waals surface area (Å²) in [7, 11) is 2.75. The molecule has 10 heteroatoms. The molecule has 164 valence electrons. The predicted molar refractivity (Wildman–Crippen MR) is 97.0 cm³/mol. The summed E-state index contributed by atoms with van der Waals surface area (Å²) in [5, 5.41) is 0. The first kappa shape index (κ1) is 24.6. The number of hydrogen-bond donors (Lipinski definition) is 0. The predicted octanol–water partition coefficient (Wildman–Crippen LogP) is 0.976. The highest BCUT2D eigenvalue weighted by Gasteiger charge is 2.43. The Morgan fingerprint density at radius 2 is 1.34 bits per heavy atom. The molecular weight excluding hydrogens is 388 g/mol. The molecule has 1 rings (SSSR count). The number of carbonyl (C=O) groups is 4. The molecule has 1 aliphatic carbocycles. The second kappa shape index (κ2) is 12.9. The summed E-state index contributed by atoms with van der Waals surface area (Å²) in [6.45, 7) is 4.16. The lowest BCUT2D eigenvalue weighted by Crippen LogP contribution is -2.40. The fraction of sp³-hybridized carbons (Fsp3) is 0.684. The Labute approximate surface area is 169 Å². The van der Waals surface area contributed by atoms with E-state index in [1.807, 2.05) is 0 Å². The molecule has 0 spiro atoms. The standard InChI is InChI=1S/C19H28O10/c1-12(2)16(20)26-7-8-27-19(23)15-9-13(17(21)28-10-24-3)5-6-14(15)18(22)29-11-25-4/h13-15H,1,5-11H2,2-4H3. The van der Waals surface area contributed by atoms with Gasteiger partial charge in [0.05, 0.1) is 17.8 Å². The van der Waals surface area contributed by atoms with Gasteiger partial charge < -0.3 is 28.4 Å². The maximum Gasteiger partial charge on any atom is 0.333 e. The average Bonchev–Trinajstić information content (AvgIpc) is 2.72. The van der Waals surface area contributed by atoms with Crippen LogP contribution in [0, 0.1) is 17.8 Å². The van der Waals surface area contributed by atoms with Crippen LogP contribution in [-0.4, -0.2) is 64.9 Å². The SMILES string of the molecule is C=C(C)C(=O)OCCOC(=O)C1CC(C(=O)OCOC)CCC1C(=O)OCOC. The number of hydrogen-bond acceptors (Lipinski definition) is 10. The molecule has 0 N–H and O–H groups in total. The van der Waals surface area contributed by atoms with Crippen LogP contribution in [-0.2, 0) is 47.6 Å². The topological polar surface area (TPSA) is 124 Å². The Balaban J connectivity index is 2.71. The van der Waals surface area contributed by atoms with E-state index in [4.69, 9.17) is 28.4 Å². The van der Waals surface area contributed by atoms with E-state index in [9.17, 15) is 19.2 Å².